The number of piperidine rings is 1. The largest absolute Gasteiger partial charge is 0.493 e. The molecule has 0 bridgehead atoms. The molecule has 1 saturated heterocycles. The van der Waals surface area contributed by atoms with E-state index in [1.54, 1.807) is 18.3 Å². The fourth-order valence-corrected chi connectivity index (χ4v) is 5.79. The molecule has 1 fully saturated rings. The third-order valence-electron chi connectivity index (χ3n) is 5.82. The van der Waals surface area contributed by atoms with Crippen LogP contribution in [0.1, 0.15) is 36.4 Å². The topological polar surface area (TPSA) is 55.4 Å². The second kappa shape index (κ2) is 13.1. The molecular formula is C24H24F5N3O2S3. The Kier molecular flexibility index (Phi) is 9.93. The molecule has 200 valence electrons. The second-order valence-corrected chi connectivity index (χ2v) is 11.0. The number of alkyl halides is 3. The van der Waals surface area contributed by atoms with Crippen molar-refractivity contribution in [3.8, 4) is 5.75 Å². The molecule has 3 heterocycles. The molecule has 3 aromatic rings. The average molecular weight is 578 g/mol. The van der Waals surface area contributed by atoms with Gasteiger partial charge in [0.25, 0.3) is 0 Å². The van der Waals surface area contributed by atoms with Gasteiger partial charge in [-0.25, -0.2) is 19.2 Å². The van der Waals surface area contributed by atoms with Gasteiger partial charge in [0.2, 0.25) is 5.13 Å². The van der Waals surface area contributed by atoms with Gasteiger partial charge in [-0.2, -0.15) is 17.5 Å². The highest BCUT2D eigenvalue weighted by Gasteiger charge is 2.42. The van der Waals surface area contributed by atoms with Gasteiger partial charge in [0.05, 0.1) is 28.5 Å². The van der Waals surface area contributed by atoms with Gasteiger partial charge in [0.1, 0.15) is 17.4 Å². The van der Waals surface area contributed by atoms with Crippen LogP contribution in [0.15, 0.2) is 52.9 Å². The van der Waals surface area contributed by atoms with Crippen LogP contribution in [0.25, 0.3) is 0 Å². The zero-order chi connectivity index (χ0) is 26.3. The van der Waals surface area contributed by atoms with E-state index in [1.165, 1.54) is 46.4 Å². The molecule has 13 heteroatoms. The Morgan fingerprint density at radius 1 is 1.16 bits per heavy atom. The summed E-state index contributed by atoms with van der Waals surface area (Å²) >= 11 is 2.47. The van der Waals surface area contributed by atoms with Crippen molar-refractivity contribution >= 4 is 38.3 Å². The number of aromatic nitrogens is 1. The SMILES string of the molecule is Fc1cc2c(cc1SSONc1nccs1)OCCC2.Fc1ccc([C@H]2C[C@@H](C(F)(F)F)CCN2)cc1. The number of aryl methyl sites for hydroxylation is 1. The predicted octanol–water partition coefficient (Wildman–Crippen LogP) is 7.73. The summed E-state index contributed by atoms with van der Waals surface area (Å²) in [5, 5.41) is 5.53. The fourth-order valence-electron chi connectivity index (χ4n) is 3.96. The standard InChI is InChI=1S/C12H13F4N.C12H11FN2O2S3/c13-10-3-1-8(2-4-10)11-7-9(5-6-17-11)12(14,15)16;13-9-6-8-2-1-4-16-10(8)7-11(9)19-20-17-15-12-14-3-5-18-12/h1-4,9,11,17H,5-7H2;3,5-7H,1-2,4H2,(H,14,15)/t9-,11+;/m0./s1. The van der Waals surface area contributed by atoms with Crippen molar-refractivity contribution in [3.05, 3.63) is 70.7 Å². The van der Waals surface area contributed by atoms with Crippen LogP contribution >= 0.6 is 33.2 Å². The van der Waals surface area contributed by atoms with Crippen LogP contribution < -0.4 is 15.5 Å². The first-order valence-electron chi connectivity index (χ1n) is 11.5. The summed E-state index contributed by atoms with van der Waals surface area (Å²) in [6.45, 7) is 1.03. The summed E-state index contributed by atoms with van der Waals surface area (Å²) in [4.78, 5) is 4.50. The summed E-state index contributed by atoms with van der Waals surface area (Å²) in [6, 6.07) is 8.55. The van der Waals surface area contributed by atoms with Crippen LogP contribution in [0.5, 0.6) is 5.75 Å². The Balaban J connectivity index is 0.000000176. The number of rotatable bonds is 6. The Labute approximate surface area is 223 Å². The first-order chi connectivity index (χ1) is 17.8. The van der Waals surface area contributed by atoms with Crippen molar-refractivity contribution in [1.29, 1.82) is 0 Å². The maximum absolute atomic E-state index is 13.9. The molecule has 0 saturated carbocycles. The molecule has 0 amide bonds. The Morgan fingerprint density at radius 3 is 2.70 bits per heavy atom. The van der Waals surface area contributed by atoms with E-state index in [0.717, 1.165) is 35.2 Å². The first-order valence-corrected chi connectivity index (χ1v) is 14.4. The van der Waals surface area contributed by atoms with Crippen LogP contribution in [0, 0.1) is 17.6 Å². The Morgan fingerprint density at radius 2 is 1.97 bits per heavy atom. The molecule has 0 unspecified atom stereocenters. The molecule has 0 aliphatic carbocycles. The summed E-state index contributed by atoms with van der Waals surface area (Å²) < 4.78 is 75.1. The van der Waals surface area contributed by atoms with Gasteiger partial charge in [0.15, 0.2) is 0 Å². The Hall–Kier alpha value is -2.06. The zero-order valence-electron chi connectivity index (χ0n) is 19.4. The molecule has 2 atom stereocenters. The summed E-state index contributed by atoms with van der Waals surface area (Å²) in [5.41, 5.74) is 4.32. The zero-order valence-corrected chi connectivity index (χ0v) is 21.8. The molecule has 37 heavy (non-hydrogen) atoms. The van der Waals surface area contributed by atoms with E-state index in [2.05, 4.69) is 15.8 Å². The number of anilines is 1. The molecular weight excluding hydrogens is 553 g/mol. The van der Waals surface area contributed by atoms with E-state index in [0.29, 0.717) is 28.7 Å². The molecule has 2 aliphatic rings. The lowest BCUT2D eigenvalue weighted by Crippen LogP contribution is -2.38. The number of hydrogen-bond donors (Lipinski definition) is 2. The van der Waals surface area contributed by atoms with Crippen LogP contribution in [0.3, 0.4) is 0 Å². The highest BCUT2D eigenvalue weighted by atomic mass is 33.1. The number of benzene rings is 2. The molecule has 0 spiro atoms. The van der Waals surface area contributed by atoms with E-state index >= 15 is 0 Å². The van der Waals surface area contributed by atoms with Crippen molar-refractivity contribution in [1.82, 2.24) is 10.3 Å². The predicted molar refractivity (Wildman–Crippen MR) is 136 cm³/mol. The van der Waals surface area contributed by atoms with Crippen molar-refractivity contribution in [2.45, 2.75) is 42.8 Å². The number of hydrogen-bond acceptors (Lipinski definition) is 8. The van der Waals surface area contributed by atoms with Crippen LogP contribution in [-0.4, -0.2) is 24.3 Å². The van der Waals surface area contributed by atoms with Crippen LogP contribution in [0.2, 0.25) is 0 Å². The lowest BCUT2D eigenvalue weighted by atomic mass is 9.88. The number of thiazole rings is 1. The van der Waals surface area contributed by atoms with Crippen molar-refractivity contribution in [3.63, 3.8) is 0 Å². The Bertz CT molecular complexity index is 1130. The number of nitrogens with zero attached hydrogens (tertiary/aromatic N) is 1. The molecule has 5 rings (SSSR count). The number of fused-ring (bicyclic) bond motifs is 1. The monoisotopic (exact) mass is 577 g/mol. The fraction of sp³-hybridized carbons (Fsp3) is 0.375. The van der Waals surface area contributed by atoms with Gasteiger partial charge in [-0.05, 0) is 78.4 Å². The minimum absolute atomic E-state index is 0.0229. The van der Waals surface area contributed by atoms with Gasteiger partial charge < -0.3 is 10.1 Å². The number of ether oxygens (including phenoxy) is 1. The van der Waals surface area contributed by atoms with Gasteiger partial charge in [-0.15, -0.1) is 11.3 Å². The van der Waals surface area contributed by atoms with Gasteiger partial charge >= 0.3 is 6.18 Å². The smallest absolute Gasteiger partial charge is 0.391 e. The first kappa shape index (κ1) is 28.0. The molecule has 2 aliphatic heterocycles. The highest BCUT2D eigenvalue weighted by molar-refractivity contribution is 8.74. The molecule has 2 N–H and O–H groups in total. The minimum atomic E-state index is -4.14. The quantitative estimate of drug-likeness (QED) is 0.102. The summed E-state index contributed by atoms with van der Waals surface area (Å²) in [7, 11) is 1.20. The number of nitrogens with one attached hydrogen (secondary N) is 2. The third-order valence-corrected chi connectivity index (χ3v) is 8.15. The molecule has 5 nitrogen and oxygen atoms in total. The van der Waals surface area contributed by atoms with Crippen LogP contribution in [0.4, 0.5) is 27.1 Å². The van der Waals surface area contributed by atoms with E-state index in [4.69, 9.17) is 9.02 Å². The van der Waals surface area contributed by atoms with E-state index in [-0.39, 0.29) is 30.5 Å². The van der Waals surface area contributed by atoms with Crippen molar-refractivity contribution in [2.75, 3.05) is 18.6 Å². The van der Waals surface area contributed by atoms with E-state index in [9.17, 15) is 22.0 Å². The summed E-state index contributed by atoms with van der Waals surface area (Å²) in [6.07, 6.45) is -0.521. The maximum Gasteiger partial charge on any atom is 0.391 e. The van der Waals surface area contributed by atoms with Crippen molar-refractivity contribution < 1.29 is 31.0 Å². The molecule has 1 aromatic heterocycles. The third kappa shape index (κ3) is 8.21. The average Bonchev–Trinajstić information content (AvgIpc) is 3.41. The van der Waals surface area contributed by atoms with E-state index < -0.39 is 12.1 Å². The molecule has 2 aromatic carbocycles. The van der Waals surface area contributed by atoms with Gasteiger partial charge in [-0.3, -0.25) is 0 Å². The summed E-state index contributed by atoms with van der Waals surface area (Å²) in [5.74, 6) is -1.12. The normalized spacial score (nSPS) is 19.3. The van der Waals surface area contributed by atoms with E-state index in [1.807, 2.05) is 5.38 Å². The van der Waals surface area contributed by atoms with Gasteiger partial charge in [-0.1, -0.05) is 12.1 Å². The number of halogens is 5. The lowest BCUT2D eigenvalue weighted by Gasteiger charge is -2.31. The maximum atomic E-state index is 13.9. The highest BCUT2D eigenvalue weighted by Crippen LogP contribution is 2.39. The molecule has 0 radical (unpaired) electrons. The minimum Gasteiger partial charge on any atom is -0.493 e. The van der Waals surface area contributed by atoms with Gasteiger partial charge in [0, 0.05) is 17.6 Å². The van der Waals surface area contributed by atoms with Crippen LogP contribution in [-0.2, 0) is 10.7 Å². The lowest BCUT2D eigenvalue weighted by molar-refractivity contribution is -0.183. The van der Waals surface area contributed by atoms with Crippen molar-refractivity contribution in [2.24, 2.45) is 5.92 Å². The second-order valence-electron chi connectivity index (χ2n) is 8.34.